The monoisotopic (exact) mass is 202 g/mol. The summed E-state index contributed by atoms with van der Waals surface area (Å²) < 4.78 is 0. The van der Waals surface area contributed by atoms with Crippen molar-refractivity contribution in [2.75, 3.05) is 6.61 Å². The molecular weight excluding hydrogens is 180 g/mol. The first-order valence-corrected chi connectivity index (χ1v) is 5.12. The lowest BCUT2D eigenvalue weighted by Gasteiger charge is -2.20. The maximum atomic E-state index is 9.67. The summed E-state index contributed by atoms with van der Waals surface area (Å²) >= 11 is 0. The summed E-state index contributed by atoms with van der Waals surface area (Å²) in [5, 5.41) is 27.2. The first-order valence-electron chi connectivity index (χ1n) is 5.12. The maximum absolute atomic E-state index is 9.67. The van der Waals surface area contributed by atoms with Crippen molar-refractivity contribution in [3.8, 4) is 0 Å². The second-order valence-corrected chi connectivity index (χ2v) is 4.13. The van der Waals surface area contributed by atoms with Crippen molar-refractivity contribution in [1.82, 2.24) is 0 Å². The molecule has 0 aromatic heterocycles. The molecule has 0 aliphatic rings. The summed E-state index contributed by atoms with van der Waals surface area (Å²) in [7, 11) is 0. The average Bonchev–Trinajstić information content (AvgIpc) is 2.15. The third kappa shape index (κ3) is 5.37. The molecule has 0 aromatic carbocycles. The molecule has 14 heavy (non-hydrogen) atoms. The Bertz CT molecular complexity index is 166. The average molecular weight is 202 g/mol. The van der Waals surface area contributed by atoms with Crippen LogP contribution in [0.25, 0.3) is 0 Å². The van der Waals surface area contributed by atoms with Gasteiger partial charge in [-0.2, -0.15) is 0 Å². The minimum atomic E-state index is -0.779. The molecule has 0 fully saturated rings. The van der Waals surface area contributed by atoms with Crippen LogP contribution in [-0.4, -0.2) is 34.1 Å². The van der Waals surface area contributed by atoms with Gasteiger partial charge in [0.25, 0.3) is 0 Å². The summed E-state index contributed by atoms with van der Waals surface area (Å²) in [6, 6.07) is 0. The number of rotatable bonds is 6. The lowest BCUT2D eigenvalue weighted by Crippen LogP contribution is -2.23. The van der Waals surface area contributed by atoms with Crippen LogP contribution in [0.5, 0.6) is 0 Å². The molecule has 0 amide bonds. The van der Waals surface area contributed by atoms with Crippen molar-refractivity contribution < 1.29 is 15.3 Å². The van der Waals surface area contributed by atoms with Gasteiger partial charge in [0, 0.05) is 0 Å². The fraction of sp³-hybridized carbons (Fsp3) is 0.818. The number of aliphatic hydroxyl groups excluding tert-OH is 3. The van der Waals surface area contributed by atoms with Crippen molar-refractivity contribution in [3.05, 3.63) is 12.2 Å². The van der Waals surface area contributed by atoms with E-state index in [9.17, 15) is 5.11 Å². The molecular formula is C11H22O3. The highest BCUT2D eigenvalue weighted by molar-refractivity contribution is 4.90. The van der Waals surface area contributed by atoms with Gasteiger partial charge in [-0.15, -0.1) is 0 Å². The van der Waals surface area contributed by atoms with Crippen LogP contribution in [0, 0.1) is 11.8 Å². The van der Waals surface area contributed by atoms with Crippen molar-refractivity contribution in [3.63, 3.8) is 0 Å². The van der Waals surface area contributed by atoms with Gasteiger partial charge in [-0.25, -0.2) is 0 Å². The van der Waals surface area contributed by atoms with Gasteiger partial charge in [0.2, 0.25) is 0 Å². The summed E-state index contributed by atoms with van der Waals surface area (Å²) in [5.74, 6) is 0.429. The Morgan fingerprint density at radius 2 is 1.71 bits per heavy atom. The summed E-state index contributed by atoms with van der Waals surface area (Å²) in [5.41, 5.74) is 0. The minimum Gasteiger partial charge on any atom is -0.393 e. The van der Waals surface area contributed by atoms with E-state index in [1.165, 1.54) is 0 Å². The molecule has 0 saturated heterocycles. The molecule has 1 unspecified atom stereocenters. The lowest BCUT2D eigenvalue weighted by molar-refractivity contribution is 0.0732. The van der Waals surface area contributed by atoms with Crippen molar-refractivity contribution in [2.45, 2.75) is 39.4 Å². The van der Waals surface area contributed by atoms with E-state index in [1.54, 1.807) is 12.2 Å². The minimum absolute atomic E-state index is 0.178. The van der Waals surface area contributed by atoms with E-state index in [0.717, 1.165) is 6.42 Å². The third-order valence-electron chi connectivity index (χ3n) is 2.32. The second-order valence-electron chi connectivity index (χ2n) is 4.13. The topological polar surface area (TPSA) is 60.7 Å². The van der Waals surface area contributed by atoms with E-state index < -0.39 is 6.10 Å². The maximum Gasteiger partial charge on any atom is 0.0951 e. The molecule has 0 aliphatic carbocycles. The van der Waals surface area contributed by atoms with E-state index in [-0.39, 0.29) is 24.5 Å². The zero-order valence-electron chi connectivity index (χ0n) is 9.22. The Balaban J connectivity index is 3.83. The predicted molar refractivity (Wildman–Crippen MR) is 56.9 cm³/mol. The van der Waals surface area contributed by atoms with Crippen LogP contribution in [0.2, 0.25) is 0 Å². The van der Waals surface area contributed by atoms with Gasteiger partial charge < -0.3 is 15.3 Å². The number of hydrogen-bond acceptors (Lipinski definition) is 3. The smallest absolute Gasteiger partial charge is 0.0951 e. The van der Waals surface area contributed by atoms with Gasteiger partial charge in [-0.1, -0.05) is 32.9 Å². The quantitative estimate of drug-likeness (QED) is 0.562. The van der Waals surface area contributed by atoms with Crippen LogP contribution < -0.4 is 0 Å². The van der Waals surface area contributed by atoms with Crippen LogP contribution in [0.3, 0.4) is 0 Å². The molecule has 3 atom stereocenters. The molecule has 0 heterocycles. The molecule has 0 saturated carbocycles. The van der Waals surface area contributed by atoms with Crippen LogP contribution in [0.4, 0.5) is 0 Å². The summed E-state index contributed by atoms with van der Waals surface area (Å²) in [6.45, 7) is 5.68. The summed E-state index contributed by atoms with van der Waals surface area (Å²) in [4.78, 5) is 0. The standard InChI is InChI=1S/C11H22O3/c1-8(2)11(14)9(3)5-4-6-10(13)7-12/h4,6,8-14H,5,7H2,1-3H3/b6-4+/t9-,10?,11+/m1/s1. The fourth-order valence-electron chi connectivity index (χ4n) is 1.31. The predicted octanol–water partition coefficient (Wildman–Crippen LogP) is 0.939. The Morgan fingerprint density at radius 3 is 2.14 bits per heavy atom. The molecule has 0 radical (unpaired) electrons. The van der Waals surface area contributed by atoms with E-state index >= 15 is 0 Å². The molecule has 0 bridgehead atoms. The first kappa shape index (κ1) is 13.6. The van der Waals surface area contributed by atoms with Crippen molar-refractivity contribution in [1.29, 1.82) is 0 Å². The Hall–Kier alpha value is -0.380. The normalized spacial score (nSPS) is 18.8. The fourth-order valence-corrected chi connectivity index (χ4v) is 1.31. The molecule has 0 aromatic rings. The second kappa shape index (κ2) is 6.98. The molecule has 3 N–H and O–H groups in total. The molecule has 0 aliphatic heterocycles. The van der Waals surface area contributed by atoms with Gasteiger partial charge in [-0.3, -0.25) is 0 Å². The number of hydrogen-bond donors (Lipinski definition) is 3. The first-order chi connectivity index (χ1) is 6.49. The van der Waals surface area contributed by atoms with Gasteiger partial charge >= 0.3 is 0 Å². The Kier molecular flexibility index (Phi) is 6.79. The van der Waals surface area contributed by atoms with Crippen molar-refractivity contribution in [2.24, 2.45) is 11.8 Å². The number of aliphatic hydroxyl groups is 3. The lowest BCUT2D eigenvalue weighted by atomic mass is 9.92. The van der Waals surface area contributed by atoms with Crippen LogP contribution >= 0.6 is 0 Å². The highest BCUT2D eigenvalue weighted by Crippen LogP contribution is 2.16. The zero-order valence-corrected chi connectivity index (χ0v) is 9.22. The third-order valence-corrected chi connectivity index (χ3v) is 2.32. The van der Waals surface area contributed by atoms with Gasteiger partial charge in [0.05, 0.1) is 18.8 Å². The van der Waals surface area contributed by atoms with E-state index in [4.69, 9.17) is 10.2 Å². The van der Waals surface area contributed by atoms with Gasteiger partial charge in [0.15, 0.2) is 0 Å². The number of allylic oxidation sites excluding steroid dienone is 1. The van der Waals surface area contributed by atoms with E-state index in [1.807, 2.05) is 20.8 Å². The molecule has 84 valence electrons. The highest BCUT2D eigenvalue weighted by Gasteiger charge is 2.16. The van der Waals surface area contributed by atoms with Crippen LogP contribution in [-0.2, 0) is 0 Å². The van der Waals surface area contributed by atoms with Gasteiger partial charge in [-0.05, 0) is 18.3 Å². The summed E-state index contributed by atoms with van der Waals surface area (Å²) in [6.07, 6.45) is 2.99. The Labute approximate surface area is 86.1 Å². The SMILES string of the molecule is CC(C)[C@H](O)[C@H](C)C/C=C/C(O)CO. The highest BCUT2D eigenvalue weighted by atomic mass is 16.3. The zero-order chi connectivity index (χ0) is 11.1. The molecule has 0 rings (SSSR count). The van der Waals surface area contributed by atoms with Gasteiger partial charge in [0.1, 0.15) is 0 Å². The van der Waals surface area contributed by atoms with E-state index in [2.05, 4.69) is 0 Å². The molecule has 3 heteroatoms. The van der Waals surface area contributed by atoms with Crippen LogP contribution in [0.15, 0.2) is 12.2 Å². The molecule has 0 spiro atoms. The molecule has 3 nitrogen and oxygen atoms in total. The van der Waals surface area contributed by atoms with Crippen molar-refractivity contribution >= 4 is 0 Å². The largest absolute Gasteiger partial charge is 0.393 e. The Morgan fingerprint density at radius 1 is 1.14 bits per heavy atom. The van der Waals surface area contributed by atoms with Crippen LogP contribution in [0.1, 0.15) is 27.2 Å². The van der Waals surface area contributed by atoms with E-state index in [0.29, 0.717) is 0 Å².